The maximum Gasteiger partial charge on any atom is 0.282 e. The molecule has 0 radical (unpaired) electrons. The fraction of sp³-hybridized carbons (Fsp3) is 0.350. The van der Waals surface area contributed by atoms with E-state index in [9.17, 15) is 9.18 Å². The predicted octanol–water partition coefficient (Wildman–Crippen LogP) is 2.98. The molecule has 0 aromatic heterocycles. The first-order valence-electron chi connectivity index (χ1n) is 8.68. The highest BCUT2D eigenvalue weighted by atomic mass is 35.5. The number of hydrogen-bond acceptors (Lipinski definition) is 2. The number of amides is 1. The third-order valence-corrected chi connectivity index (χ3v) is 4.85. The summed E-state index contributed by atoms with van der Waals surface area (Å²) in [6, 6.07) is 12.0. The van der Waals surface area contributed by atoms with E-state index in [4.69, 9.17) is 11.6 Å². The fourth-order valence-electron chi connectivity index (χ4n) is 2.78. The van der Waals surface area contributed by atoms with Gasteiger partial charge in [-0.2, -0.15) is 0 Å². The highest BCUT2D eigenvalue weighted by Gasteiger charge is 2.24. The lowest BCUT2D eigenvalue weighted by molar-refractivity contribution is -0.925. The molecule has 2 N–H and O–H groups in total. The maximum absolute atomic E-state index is 13.1. The van der Waals surface area contributed by atoms with Crippen LogP contribution in [0.15, 0.2) is 42.5 Å². The van der Waals surface area contributed by atoms with Crippen molar-refractivity contribution < 1.29 is 14.1 Å². The van der Waals surface area contributed by atoms with Crippen molar-refractivity contribution in [2.45, 2.75) is 26.4 Å². The van der Waals surface area contributed by atoms with Crippen LogP contribution in [0.5, 0.6) is 0 Å². The number of carbonyl (C=O) groups excluding carboxylic acids is 1. The van der Waals surface area contributed by atoms with E-state index >= 15 is 0 Å². The summed E-state index contributed by atoms with van der Waals surface area (Å²) in [5.74, 6) is -0.566. The van der Waals surface area contributed by atoms with Gasteiger partial charge in [-0.15, -0.1) is 0 Å². The van der Waals surface area contributed by atoms with Crippen molar-refractivity contribution in [2.24, 2.45) is 0 Å². The SMILES string of the molecule is CC[NH+](Cc1ccc(N(C)C)cc1)[C@H](C)C(=O)Nc1ccc(F)cc1Cl. The van der Waals surface area contributed by atoms with Crippen LogP contribution in [0, 0.1) is 5.82 Å². The molecule has 1 unspecified atom stereocenters. The van der Waals surface area contributed by atoms with Gasteiger partial charge in [0.2, 0.25) is 0 Å². The van der Waals surface area contributed by atoms with Crippen LogP contribution < -0.4 is 15.1 Å². The first-order chi connectivity index (χ1) is 12.3. The van der Waals surface area contributed by atoms with Crippen molar-refractivity contribution >= 4 is 28.9 Å². The van der Waals surface area contributed by atoms with Crippen molar-refractivity contribution in [2.75, 3.05) is 30.9 Å². The molecule has 0 bridgehead atoms. The quantitative estimate of drug-likeness (QED) is 0.777. The van der Waals surface area contributed by atoms with Crippen LogP contribution in [0.3, 0.4) is 0 Å². The molecule has 26 heavy (non-hydrogen) atoms. The molecule has 0 spiro atoms. The molecule has 0 heterocycles. The number of hydrogen-bond donors (Lipinski definition) is 2. The molecule has 0 saturated heterocycles. The van der Waals surface area contributed by atoms with E-state index in [1.807, 2.05) is 21.0 Å². The minimum Gasteiger partial charge on any atom is -0.378 e. The van der Waals surface area contributed by atoms with Crippen LogP contribution in [0.1, 0.15) is 19.4 Å². The molecule has 0 aliphatic carbocycles. The Balaban J connectivity index is 2.04. The smallest absolute Gasteiger partial charge is 0.282 e. The molecule has 0 aliphatic heterocycles. The normalized spacial score (nSPS) is 13.2. The van der Waals surface area contributed by atoms with Gasteiger partial charge in [0, 0.05) is 25.3 Å². The lowest BCUT2D eigenvalue weighted by atomic mass is 10.1. The molecule has 2 atom stereocenters. The van der Waals surface area contributed by atoms with Gasteiger partial charge in [0.25, 0.3) is 5.91 Å². The monoisotopic (exact) mass is 378 g/mol. The van der Waals surface area contributed by atoms with Gasteiger partial charge < -0.3 is 15.1 Å². The average Bonchev–Trinajstić information content (AvgIpc) is 2.61. The van der Waals surface area contributed by atoms with Gasteiger partial charge in [0.1, 0.15) is 12.4 Å². The Labute approximate surface area is 159 Å². The largest absolute Gasteiger partial charge is 0.378 e. The van der Waals surface area contributed by atoms with Gasteiger partial charge >= 0.3 is 0 Å². The van der Waals surface area contributed by atoms with Crippen molar-refractivity contribution in [3.8, 4) is 0 Å². The molecular weight excluding hydrogens is 353 g/mol. The molecule has 2 aromatic rings. The minimum atomic E-state index is -0.428. The van der Waals surface area contributed by atoms with Crippen LogP contribution in [0.25, 0.3) is 0 Å². The number of halogens is 2. The number of rotatable bonds is 7. The van der Waals surface area contributed by atoms with E-state index in [-0.39, 0.29) is 17.0 Å². The zero-order chi connectivity index (χ0) is 19.3. The number of anilines is 2. The lowest BCUT2D eigenvalue weighted by Crippen LogP contribution is -3.15. The third-order valence-electron chi connectivity index (χ3n) is 4.53. The minimum absolute atomic E-state index is 0.139. The second-order valence-corrected chi connectivity index (χ2v) is 6.99. The summed E-state index contributed by atoms with van der Waals surface area (Å²) in [5.41, 5.74) is 2.74. The summed E-state index contributed by atoms with van der Waals surface area (Å²) in [5, 5.41) is 2.99. The van der Waals surface area contributed by atoms with Gasteiger partial charge in [0.05, 0.1) is 17.3 Å². The summed E-state index contributed by atoms with van der Waals surface area (Å²) in [6.07, 6.45) is 0. The summed E-state index contributed by atoms with van der Waals surface area (Å²) >= 11 is 6.00. The van der Waals surface area contributed by atoms with Crippen LogP contribution in [-0.4, -0.2) is 32.6 Å². The maximum atomic E-state index is 13.1. The fourth-order valence-corrected chi connectivity index (χ4v) is 2.99. The van der Waals surface area contributed by atoms with Gasteiger partial charge in [-0.3, -0.25) is 4.79 Å². The molecule has 2 rings (SSSR count). The van der Waals surface area contributed by atoms with E-state index in [2.05, 4.69) is 41.4 Å². The highest BCUT2D eigenvalue weighted by Crippen LogP contribution is 2.22. The molecule has 0 fully saturated rings. The summed E-state index contributed by atoms with van der Waals surface area (Å²) in [4.78, 5) is 15.8. The number of carbonyl (C=O) groups is 1. The number of nitrogens with zero attached hydrogens (tertiary/aromatic N) is 1. The van der Waals surface area contributed by atoms with Gasteiger partial charge in [0.15, 0.2) is 6.04 Å². The average molecular weight is 379 g/mol. The Hall–Kier alpha value is -2.11. The van der Waals surface area contributed by atoms with Crippen LogP contribution in [0.4, 0.5) is 15.8 Å². The Bertz CT molecular complexity index is 749. The first-order valence-corrected chi connectivity index (χ1v) is 9.06. The molecule has 0 aliphatic rings. The number of benzene rings is 2. The molecule has 2 aromatic carbocycles. The summed E-state index contributed by atoms with van der Waals surface area (Å²) < 4.78 is 13.1. The first kappa shape index (κ1) is 20.2. The zero-order valence-corrected chi connectivity index (χ0v) is 16.4. The molecule has 0 saturated carbocycles. The van der Waals surface area contributed by atoms with Gasteiger partial charge in [-0.05, 0) is 44.2 Å². The molecule has 1 amide bonds. The summed E-state index contributed by atoms with van der Waals surface area (Å²) in [7, 11) is 4.01. The number of nitrogens with one attached hydrogen (secondary N) is 2. The number of likely N-dealkylation sites (N-methyl/N-ethyl adjacent to an activating group) is 1. The Kier molecular flexibility index (Phi) is 7.00. The Morgan fingerprint density at radius 3 is 2.42 bits per heavy atom. The predicted molar refractivity (Wildman–Crippen MR) is 105 cm³/mol. The molecular formula is C20H26ClFN3O+. The lowest BCUT2D eigenvalue weighted by Gasteiger charge is -2.24. The van der Waals surface area contributed by atoms with Crippen molar-refractivity contribution in [3.05, 3.63) is 58.9 Å². The van der Waals surface area contributed by atoms with E-state index in [0.29, 0.717) is 5.69 Å². The zero-order valence-electron chi connectivity index (χ0n) is 15.6. The third kappa shape index (κ3) is 5.19. The topological polar surface area (TPSA) is 36.8 Å². The molecule has 140 valence electrons. The Morgan fingerprint density at radius 2 is 1.88 bits per heavy atom. The van der Waals surface area contributed by atoms with Gasteiger partial charge in [-0.1, -0.05) is 23.7 Å². The highest BCUT2D eigenvalue weighted by molar-refractivity contribution is 6.33. The van der Waals surface area contributed by atoms with E-state index in [1.165, 1.54) is 23.8 Å². The van der Waals surface area contributed by atoms with Crippen molar-refractivity contribution in [1.29, 1.82) is 0 Å². The summed E-state index contributed by atoms with van der Waals surface area (Å²) in [6.45, 7) is 5.50. The van der Waals surface area contributed by atoms with Crippen molar-refractivity contribution in [3.63, 3.8) is 0 Å². The van der Waals surface area contributed by atoms with Crippen LogP contribution >= 0.6 is 11.6 Å². The standard InChI is InChI=1S/C20H25ClFN3O/c1-5-25(13-15-6-9-17(10-7-15)24(3)4)14(2)20(26)23-19-11-8-16(22)12-18(19)21/h6-12,14H,5,13H2,1-4H3,(H,23,26)/p+1/t14-/m1/s1. The van der Waals surface area contributed by atoms with Crippen LogP contribution in [0.2, 0.25) is 5.02 Å². The number of quaternary nitrogens is 1. The second kappa shape index (κ2) is 9.01. The second-order valence-electron chi connectivity index (χ2n) is 6.58. The van der Waals surface area contributed by atoms with Crippen molar-refractivity contribution in [1.82, 2.24) is 0 Å². The van der Waals surface area contributed by atoms with Gasteiger partial charge in [-0.25, -0.2) is 4.39 Å². The van der Waals surface area contributed by atoms with Crippen LogP contribution in [-0.2, 0) is 11.3 Å². The van der Waals surface area contributed by atoms with E-state index < -0.39 is 5.82 Å². The van der Waals surface area contributed by atoms with E-state index in [1.54, 1.807) is 0 Å². The molecule has 6 heteroatoms. The van der Waals surface area contributed by atoms with E-state index in [0.717, 1.165) is 23.7 Å². The molecule has 4 nitrogen and oxygen atoms in total. The Morgan fingerprint density at radius 1 is 1.23 bits per heavy atom.